The number of carbonyl (C=O) groups is 1. The van der Waals surface area contributed by atoms with Crippen LogP contribution in [0.5, 0.6) is 0 Å². The molecule has 0 saturated heterocycles. The molecule has 24 heavy (non-hydrogen) atoms. The molecule has 0 radical (unpaired) electrons. The van der Waals surface area contributed by atoms with Gasteiger partial charge in [0.15, 0.2) is 0 Å². The lowest BCUT2D eigenvalue weighted by atomic mass is 10.2. The summed E-state index contributed by atoms with van der Waals surface area (Å²) in [6.45, 7) is 1.63. The van der Waals surface area contributed by atoms with E-state index in [4.69, 9.17) is 4.42 Å². The van der Waals surface area contributed by atoms with E-state index in [1.54, 1.807) is 19.1 Å². The highest BCUT2D eigenvalue weighted by atomic mass is 19.1. The van der Waals surface area contributed by atoms with E-state index in [1.165, 1.54) is 34.6 Å². The van der Waals surface area contributed by atoms with Crippen molar-refractivity contribution in [1.29, 1.82) is 0 Å². The van der Waals surface area contributed by atoms with Crippen LogP contribution in [0.25, 0.3) is 0 Å². The fourth-order valence-corrected chi connectivity index (χ4v) is 2.30. The Bertz CT molecular complexity index is 819. The smallest absolute Gasteiger partial charge is 0.252 e. The number of rotatable bonds is 5. The van der Waals surface area contributed by atoms with Gasteiger partial charge >= 0.3 is 0 Å². The molecule has 124 valence electrons. The second kappa shape index (κ2) is 6.61. The van der Waals surface area contributed by atoms with Crippen molar-refractivity contribution in [3.05, 3.63) is 66.6 Å². The Morgan fingerprint density at radius 2 is 2.21 bits per heavy atom. The molecular formula is C16H14F2N4O2. The van der Waals surface area contributed by atoms with Gasteiger partial charge in [0.05, 0.1) is 18.5 Å². The van der Waals surface area contributed by atoms with Gasteiger partial charge in [0.25, 0.3) is 5.91 Å². The first-order valence-corrected chi connectivity index (χ1v) is 7.19. The molecule has 0 N–H and O–H groups in total. The van der Waals surface area contributed by atoms with E-state index in [0.29, 0.717) is 5.76 Å². The molecule has 2 aromatic heterocycles. The van der Waals surface area contributed by atoms with Crippen molar-refractivity contribution < 1.29 is 18.0 Å². The lowest BCUT2D eigenvalue weighted by Crippen LogP contribution is -2.36. The number of hydrogen-bond acceptors (Lipinski definition) is 4. The third kappa shape index (κ3) is 3.17. The number of nitrogens with zero attached hydrogens (tertiary/aromatic N) is 4. The molecule has 1 unspecified atom stereocenters. The maximum atomic E-state index is 14.2. The van der Waals surface area contributed by atoms with Crippen molar-refractivity contribution in [1.82, 2.24) is 14.8 Å². The molecule has 1 aromatic carbocycles. The molecule has 8 heteroatoms. The molecule has 3 aromatic rings. The van der Waals surface area contributed by atoms with Crippen LogP contribution in [0.15, 0.2) is 53.7 Å². The minimum atomic E-state index is -0.833. The molecule has 0 spiro atoms. The predicted octanol–water partition coefficient (Wildman–Crippen LogP) is 2.94. The molecule has 1 atom stereocenters. The Labute approximate surface area is 136 Å². The summed E-state index contributed by atoms with van der Waals surface area (Å²) < 4.78 is 34.0. The second-order valence-corrected chi connectivity index (χ2v) is 5.15. The number of aromatic nitrogens is 3. The van der Waals surface area contributed by atoms with Gasteiger partial charge in [-0.3, -0.25) is 4.79 Å². The summed E-state index contributed by atoms with van der Waals surface area (Å²) in [5.41, 5.74) is -0.0373. The van der Waals surface area contributed by atoms with Gasteiger partial charge in [-0.05, 0) is 31.2 Å². The van der Waals surface area contributed by atoms with E-state index in [-0.39, 0.29) is 12.2 Å². The van der Waals surface area contributed by atoms with Gasteiger partial charge in [-0.2, -0.15) is 5.10 Å². The van der Waals surface area contributed by atoms with E-state index >= 15 is 0 Å². The second-order valence-electron chi connectivity index (χ2n) is 5.15. The van der Waals surface area contributed by atoms with Gasteiger partial charge in [-0.15, -0.1) is 0 Å². The van der Waals surface area contributed by atoms with Crippen molar-refractivity contribution >= 4 is 11.6 Å². The summed E-state index contributed by atoms with van der Waals surface area (Å²) >= 11 is 0. The number of carbonyl (C=O) groups excluding carboxylic acids is 1. The van der Waals surface area contributed by atoms with Crippen molar-refractivity contribution in [2.75, 3.05) is 4.90 Å². The summed E-state index contributed by atoms with van der Waals surface area (Å²) in [4.78, 5) is 17.8. The molecule has 0 aliphatic carbocycles. The monoisotopic (exact) mass is 332 g/mol. The van der Waals surface area contributed by atoms with E-state index in [1.807, 2.05) is 0 Å². The summed E-state index contributed by atoms with van der Waals surface area (Å²) in [6, 6.07) is 5.67. The van der Waals surface area contributed by atoms with Crippen LogP contribution < -0.4 is 4.90 Å². The standard InChI is InChI=1S/C16H14F2N4O2/c1-11(22-10-19-9-20-22)16(23)21(8-13-3-2-6-24-13)15-5-4-12(17)7-14(15)18/h2-7,9-11H,8H2,1H3. The Morgan fingerprint density at radius 3 is 2.83 bits per heavy atom. The summed E-state index contributed by atoms with van der Waals surface area (Å²) in [6.07, 6.45) is 4.16. The molecular weight excluding hydrogens is 318 g/mol. The Morgan fingerprint density at radius 1 is 1.38 bits per heavy atom. The fraction of sp³-hybridized carbons (Fsp3) is 0.188. The molecule has 0 fully saturated rings. The van der Waals surface area contributed by atoms with Gasteiger partial charge in [-0.1, -0.05) is 0 Å². The van der Waals surface area contributed by atoms with Gasteiger partial charge in [0.2, 0.25) is 0 Å². The van der Waals surface area contributed by atoms with Crippen LogP contribution in [0.4, 0.5) is 14.5 Å². The first-order valence-electron chi connectivity index (χ1n) is 7.19. The van der Waals surface area contributed by atoms with Gasteiger partial charge < -0.3 is 9.32 Å². The maximum absolute atomic E-state index is 14.2. The van der Waals surface area contributed by atoms with Crippen molar-refractivity contribution in [3.8, 4) is 0 Å². The van der Waals surface area contributed by atoms with Gasteiger partial charge in [0.1, 0.15) is 36.1 Å². The third-order valence-electron chi connectivity index (χ3n) is 3.55. The van der Waals surface area contributed by atoms with Crippen LogP contribution in [-0.4, -0.2) is 20.7 Å². The molecule has 0 aliphatic heterocycles. The minimum Gasteiger partial charge on any atom is -0.467 e. The van der Waals surface area contributed by atoms with Crippen molar-refractivity contribution in [2.24, 2.45) is 0 Å². The fourth-order valence-electron chi connectivity index (χ4n) is 2.30. The Hall–Kier alpha value is -3.03. The Balaban J connectivity index is 1.96. The van der Waals surface area contributed by atoms with Crippen molar-refractivity contribution in [2.45, 2.75) is 19.5 Å². The molecule has 1 amide bonds. The van der Waals surface area contributed by atoms with E-state index in [9.17, 15) is 13.6 Å². The number of furan rings is 1. The van der Waals surface area contributed by atoms with Crippen LogP contribution in [0.1, 0.15) is 18.7 Å². The highest BCUT2D eigenvalue weighted by molar-refractivity contribution is 5.95. The van der Waals surface area contributed by atoms with Gasteiger partial charge in [-0.25, -0.2) is 18.4 Å². The zero-order valence-corrected chi connectivity index (χ0v) is 12.8. The molecule has 0 bridgehead atoms. The molecule has 3 rings (SSSR count). The topological polar surface area (TPSA) is 64.2 Å². The van der Waals surface area contributed by atoms with Crippen molar-refractivity contribution in [3.63, 3.8) is 0 Å². The average Bonchev–Trinajstić information content (AvgIpc) is 3.25. The average molecular weight is 332 g/mol. The predicted molar refractivity (Wildman–Crippen MR) is 81.0 cm³/mol. The largest absolute Gasteiger partial charge is 0.467 e. The maximum Gasteiger partial charge on any atom is 0.252 e. The minimum absolute atomic E-state index is 0.00736. The van der Waals surface area contributed by atoms with Crippen LogP contribution in [0.2, 0.25) is 0 Å². The number of amides is 1. The highest BCUT2D eigenvalue weighted by Gasteiger charge is 2.27. The first-order chi connectivity index (χ1) is 11.6. The Kier molecular flexibility index (Phi) is 4.37. The van der Waals surface area contributed by atoms with Crippen LogP contribution >= 0.6 is 0 Å². The summed E-state index contributed by atoms with van der Waals surface area (Å²) in [5.74, 6) is -1.51. The van der Waals surface area contributed by atoms with Gasteiger partial charge in [0, 0.05) is 6.07 Å². The number of anilines is 1. The number of halogens is 2. The SMILES string of the molecule is CC(C(=O)N(Cc1ccco1)c1ccc(F)cc1F)n1cncn1. The molecule has 2 heterocycles. The van der Waals surface area contributed by atoms with Crippen LogP contribution in [0.3, 0.4) is 0 Å². The quantitative estimate of drug-likeness (QED) is 0.720. The van der Waals surface area contributed by atoms with E-state index < -0.39 is 23.6 Å². The van der Waals surface area contributed by atoms with E-state index in [2.05, 4.69) is 10.1 Å². The summed E-state index contributed by atoms with van der Waals surface area (Å²) in [5, 5.41) is 3.93. The third-order valence-corrected chi connectivity index (χ3v) is 3.55. The zero-order valence-electron chi connectivity index (χ0n) is 12.8. The summed E-state index contributed by atoms with van der Waals surface area (Å²) in [7, 11) is 0. The van der Waals surface area contributed by atoms with Crippen LogP contribution in [-0.2, 0) is 11.3 Å². The highest BCUT2D eigenvalue weighted by Crippen LogP contribution is 2.25. The van der Waals surface area contributed by atoms with E-state index in [0.717, 1.165) is 12.1 Å². The molecule has 6 nitrogen and oxygen atoms in total. The van der Waals surface area contributed by atoms with Crippen LogP contribution in [0, 0.1) is 11.6 Å². The lowest BCUT2D eigenvalue weighted by Gasteiger charge is -2.25. The molecule has 0 aliphatic rings. The lowest BCUT2D eigenvalue weighted by molar-refractivity contribution is -0.121. The molecule has 0 saturated carbocycles. The normalized spacial score (nSPS) is 12.1. The number of hydrogen-bond donors (Lipinski definition) is 0. The number of benzene rings is 1. The zero-order chi connectivity index (χ0) is 17.1. The first kappa shape index (κ1) is 15.9.